The van der Waals surface area contributed by atoms with Gasteiger partial charge in [0, 0.05) is 26.2 Å². The molecule has 0 saturated heterocycles. The zero-order chi connectivity index (χ0) is 15.9. The van der Waals surface area contributed by atoms with Crippen LogP contribution in [0.25, 0.3) is 0 Å². The summed E-state index contributed by atoms with van der Waals surface area (Å²) in [7, 11) is 4.19. The summed E-state index contributed by atoms with van der Waals surface area (Å²) in [5.41, 5.74) is 2.51. The van der Waals surface area contributed by atoms with Crippen LogP contribution in [0.1, 0.15) is 11.1 Å². The highest BCUT2D eigenvalue weighted by Gasteiger charge is 2.09. The zero-order valence-corrected chi connectivity index (χ0v) is 14.6. The molecule has 0 amide bonds. The number of likely N-dealkylation sites (N-methyl/N-ethyl adjacent to an activating group) is 1. The summed E-state index contributed by atoms with van der Waals surface area (Å²) in [4.78, 5) is 4.63. The van der Waals surface area contributed by atoms with Gasteiger partial charge < -0.3 is 4.90 Å². The van der Waals surface area contributed by atoms with E-state index < -0.39 is 0 Å². The number of hydrogen-bond donors (Lipinski definition) is 0. The van der Waals surface area contributed by atoms with E-state index >= 15 is 0 Å². The third-order valence-electron chi connectivity index (χ3n) is 3.50. The minimum atomic E-state index is 0.605. The Balaban J connectivity index is 2.07. The van der Waals surface area contributed by atoms with E-state index in [1.54, 1.807) is 0 Å². The highest BCUT2D eigenvalue weighted by atomic mass is 35.5. The largest absolute Gasteiger partial charge is 0.308 e. The number of benzene rings is 2. The van der Waals surface area contributed by atoms with Gasteiger partial charge in [0.05, 0.1) is 10.0 Å². The van der Waals surface area contributed by atoms with Crippen LogP contribution < -0.4 is 0 Å². The molecule has 0 bridgehead atoms. The molecule has 0 unspecified atom stereocenters. The van der Waals surface area contributed by atoms with Crippen molar-refractivity contribution in [1.29, 1.82) is 0 Å². The van der Waals surface area contributed by atoms with Crippen LogP contribution in [0.3, 0.4) is 0 Å². The van der Waals surface area contributed by atoms with Crippen LogP contribution in [0.15, 0.2) is 48.5 Å². The van der Waals surface area contributed by atoms with Gasteiger partial charge in [0.2, 0.25) is 0 Å². The highest BCUT2D eigenvalue weighted by Crippen LogP contribution is 2.23. The second kappa shape index (κ2) is 8.54. The van der Waals surface area contributed by atoms with Crippen LogP contribution >= 0.6 is 23.2 Å². The van der Waals surface area contributed by atoms with Gasteiger partial charge in [-0.1, -0.05) is 59.6 Å². The Kier molecular flexibility index (Phi) is 6.71. The van der Waals surface area contributed by atoms with Crippen LogP contribution in [0.2, 0.25) is 10.0 Å². The molecule has 0 spiro atoms. The van der Waals surface area contributed by atoms with E-state index in [1.165, 1.54) is 11.1 Å². The molecule has 0 aromatic heterocycles. The number of halogens is 2. The Morgan fingerprint density at radius 2 is 1.45 bits per heavy atom. The lowest BCUT2D eigenvalue weighted by molar-refractivity contribution is 0.226. The summed E-state index contributed by atoms with van der Waals surface area (Å²) in [6.45, 7) is 3.81. The molecular weight excluding hydrogens is 315 g/mol. The molecule has 2 aromatic rings. The molecule has 0 radical (unpaired) electrons. The number of rotatable bonds is 7. The van der Waals surface area contributed by atoms with E-state index in [1.807, 2.05) is 24.3 Å². The van der Waals surface area contributed by atoms with Crippen molar-refractivity contribution in [3.8, 4) is 0 Å². The van der Waals surface area contributed by atoms with Gasteiger partial charge in [0.25, 0.3) is 0 Å². The fourth-order valence-corrected chi connectivity index (χ4v) is 2.61. The fraction of sp³-hybridized carbons (Fsp3) is 0.333. The Morgan fingerprint density at radius 1 is 0.773 bits per heavy atom. The van der Waals surface area contributed by atoms with Crippen molar-refractivity contribution >= 4 is 23.2 Å². The Morgan fingerprint density at radius 3 is 2.09 bits per heavy atom. The fourth-order valence-electron chi connectivity index (χ4n) is 2.29. The molecule has 0 saturated carbocycles. The Hall–Kier alpha value is -1.06. The first-order valence-corrected chi connectivity index (χ1v) is 8.15. The first-order chi connectivity index (χ1) is 10.5. The van der Waals surface area contributed by atoms with Crippen molar-refractivity contribution in [2.24, 2.45) is 0 Å². The average molecular weight is 337 g/mol. The SMILES string of the molecule is CN(C)CCN(Cc1ccccc1)Cc1ccc(Cl)c(Cl)c1. The lowest BCUT2D eigenvalue weighted by atomic mass is 10.1. The van der Waals surface area contributed by atoms with Crippen LogP contribution in [0.5, 0.6) is 0 Å². The van der Waals surface area contributed by atoms with Crippen molar-refractivity contribution in [2.75, 3.05) is 27.2 Å². The second-order valence-corrected chi connectivity index (χ2v) is 6.56. The molecule has 2 nitrogen and oxygen atoms in total. The van der Waals surface area contributed by atoms with Crippen LogP contribution in [0.4, 0.5) is 0 Å². The van der Waals surface area contributed by atoms with E-state index in [0.29, 0.717) is 10.0 Å². The predicted molar refractivity (Wildman–Crippen MR) is 95.6 cm³/mol. The minimum Gasteiger partial charge on any atom is -0.308 e. The van der Waals surface area contributed by atoms with Crippen molar-refractivity contribution in [2.45, 2.75) is 13.1 Å². The molecule has 0 atom stereocenters. The number of hydrogen-bond acceptors (Lipinski definition) is 2. The normalized spacial score (nSPS) is 11.4. The number of nitrogens with zero attached hydrogens (tertiary/aromatic N) is 2. The van der Waals surface area contributed by atoms with Gasteiger partial charge in [-0.3, -0.25) is 4.90 Å². The summed E-state index contributed by atoms with van der Waals surface area (Å²) in [6, 6.07) is 16.4. The Bertz CT molecular complexity index is 585. The van der Waals surface area contributed by atoms with E-state index in [2.05, 4.69) is 48.2 Å². The van der Waals surface area contributed by atoms with Gasteiger partial charge >= 0.3 is 0 Å². The van der Waals surface area contributed by atoms with Gasteiger partial charge in [-0.15, -0.1) is 0 Å². The third-order valence-corrected chi connectivity index (χ3v) is 4.24. The highest BCUT2D eigenvalue weighted by molar-refractivity contribution is 6.42. The molecule has 2 aromatic carbocycles. The maximum absolute atomic E-state index is 6.13. The topological polar surface area (TPSA) is 6.48 Å². The first kappa shape index (κ1) is 17.3. The smallest absolute Gasteiger partial charge is 0.0595 e. The summed E-state index contributed by atoms with van der Waals surface area (Å²) in [5.74, 6) is 0. The van der Waals surface area contributed by atoms with Gasteiger partial charge in [0.15, 0.2) is 0 Å². The lowest BCUT2D eigenvalue weighted by Crippen LogP contribution is -2.31. The summed E-state index contributed by atoms with van der Waals surface area (Å²) in [5, 5.41) is 1.22. The Labute approximate surface area is 143 Å². The van der Waals surface area contributed by atoms with Crippen LogP contribution in [-0.4, -0.2) is 37.0 Å². The zero-order valence-electron chi connectivity index (χ0n) is 13.1. The third kappa shape index (κ3) is 5.62. The maximum atomic E-state index is 6.13. The lowest BCUT2D eigenvalue weighted by Gasteiger charge is -2.24. The van der Waals surface area contributed by atoms with Crippen LogP contribution in [-0.2, 0) is 13.1 Å². The van der Waals surface area contributed by atoms with Gasteiger partial charge in [-0.05, 0) is 37.4 Å². The molecule has 0 heterocycles. The monoisotopic (exact) mass is 336 g/mol. The van der Waals surface area contributed by atoms with Crippen molar-refractivity contribution < 1.29 is 0 Å². The van der Waals surface area contributed by atoms with E-state index in [-0.39, 0.29) is 0 Å². The maximum Gasteiger partial charge on any atom is 0.0595 e. The molecule has 0 aliphatic rings. The average Bonchev–Trinajstić information content (AvgIpc) is 2.49. The van der Waals surface area contributed by atoms with Crippen molar-refractivity contribution in [3.63, 3.8) is 0 Å². The summed E-state index contributed by atoms with van der Waals surface area (Å²) in [6.07, 6.45) is 0. The molecule has 2 rings (SSSR count). The molecule has 0 aliphatic heterocycles. The quantitative estimate of drug-likeness (QED) is 0.731. The van der Waals surface area contributed by atoms with E-state index in [0.717, 1.165) is 26.2 Å². The van der Waals surface area contributed by atoms with Gasteiger partial charge in [-0.2, -0.15) is 0 Å². The minimum absolute atomic E-state index is 0.605. The van der Waals surface area contributed by atoms with Crippen molar-refractivity contribution in [1.82, 2.24) is 9.80 Å². The molecule has 0 N–H and O–H groups in total. The summed E-state index contributed by atoms with van der Waals surface area (Å²) >= 11 is 12.1. The van der Waals surface area contributed by atoms with Crippen molar-refractivity contribution in [3.05, 3.63) is 69.7 Å². The molecule has 22 heavy (non-hydrogen) atoms. The standard InChI is InChI=1S/C18H22Cl2N2/c1-21(2)10-11-22(13-15-6-4-3-5-7-15)14-16-8-9-17(19)18(20)12-16/h3-9,12H,10-11,13-14H2,1-2H3. The first-order valence-electron chi connectivity index (χ1n) is 7.39. The molecule has 0 aliphatic carbocycles. The molecular formula is C18H22Cl2N2. The van der Waals surface area contributed by atoms with Crippen LogP contribution in [0, 0.1) is 0 Å². The molecule has 0 fully saturated rings. The summed E-state index contributed by atoms with van der Waals surface area (Å²) < 4.78 is 0. The van der Waals surface area contributed by atoms with E-state index in [9.17, 15) is 0 Å². The predicted octanol–water partition coefficient (Wildman–Crippen LogP) is 4.56. The second-order valence-electron chi connectivity index (χ2n) is 5.75. The van der Waals surface area contributed by atoms with Gasteiger partial charge in [0.1, 0.15) is 0 Å². The van der Waals surface area contributed by atoms with E-state index in [4.69, 9.17) is 23.2 Å². The van der Waals surface area contributed by atoms with Gasteiger partial charge in [-0.25, -0.2) is 0 Å². The molecule has 4 heteroatoms. The molecule has 118 valence electrons.